The Kier molecular flexibility index (Phi) is 3.10. The lowest BCUT2D eigenvalue weighted by Gasteiger charge is -2.08. The summed E-state index contributed by atoms with van der Waals surface area (Å²) < 4.78 is 4.77. The molecule has 1 atom stereocenters. The highest BCUT2D eigenvalue weighted by Gasteiger charge is 2.06. The van der Waals surface area contributed by atoms with Crippen molar-refractivity contribution in [3.8, 4) is 0 Å². The first-order chi connectivity index (χ1) is 5.68. The van der Waals surface area contributed by atoms with Crippen LogP contribution < -0.4 is 5.73 Å². The van der Waals surface area contributed by atoms with Crippen molar-refractivity contribution < 1.29 is 9.53 Å². The maximum absolute atomic E-state index is 10.3. The van der Waals surface area contributed by atoms with Crippen LogP contribution in [0.15, 0.2) is 17.5 Å². The van der Waals surface area contributed by atoms with E-state index in [1.165, 1.54) is 4.88 Å². The minimum atomic E-state index is -0.709. The SMILES string of the molecule is C[C@H](Cc1cccs1)OC(N)=O. The van der Waals surface area contributed by atoms with Gasteiger partial charge in [0.05, 0.1) is 0 Å². The van der Waals surface area contributed by atoms with Crippen LogP contribution in [0.3, 0.4) is 0 Å². The predicted octanol–water partition coefficient (Wildman–Crippen LogP) is 1.77. The summed E-state index contributed by atoms with van der Waals surface area (Å²) in [6, 6.07) is 3.97. The minimum Gasteiger partial charge on any atom is -0.446 e. The molecular formula is C8H11NO2S. The van der Waals surface area contributed by atoms with Crippen molar-refractivity contribution >= 4 is 17.4 Å². The van der Waals surface area contributed by atoms with Gasteiger partial charge in [0.1, 0.15) is 6.10 Å². The van der Waals surface area contributed by atoms with E-state index in [-0.39, 0.29) is 6.10 Å². The highest BCUT2D eigenvalue weighted by Crippen LogP contribution is 2.12. The van der Waals surface area contributed by atoms with Gasteiger partial charge in [0.25, 0.3) is 0 Å². The van der Waals surface area contributed by atoms with Gasteiger partial charge in [0.2, 0.25) is 0 Å². The highest BCUT2D eigenvalue weighted by atomic mass is 32.1. The number of carbonyl (C=O) groups excluding carboxylic acids is 1. The van der Waals surface area contributed by atoms with Gasteiger partial charge in [0.15, 0.2) is 0 Å². The summed E-state index contributed by atoms with van der Waals surface area (Å²) in [6.07, 6.45) is -0.110. The molecule has 0 spiro atoms. The molecule has 1 amide bonds. The Morgan fingerprint density at radius 1 is 1.83 bits per heavy atom. The number of hydrogen-bond acceptors (Lipinski definition) is 3. The Morgan fingerprint density at radius 2 is 2.58 bits per heavy atom. The van der Waals surface area contributed by atoms with Crippen LogP contribution in [0.25, 0.3) is 0 Å². The van der Waals surface area contributed by atoms with Crippen molar-refractivity contribution in [1.82, 2.24) is 0 Å². The first kappa shape index (κ1) is 9.06. The zero-order valence-corrected chi connectivity index (χ0v) is 7.64. The molecule has 0 radical (unpaired) electrons. The Labute approximate surface area is 75.1 Å². The summed E-state index contributed by atoms with van der Waals surface area (Å²) in [6.45, 7) is 1.82. The van der Waals surface area contributed by atoms with E-state index in [1.54, 1.807) is 11.3 Å². The van der Waals surface area contributed by atoms with E-state index in [0.717, 1.165) is 6.42 Å². The molecule has 0 bridgehead atoms. The first-order valence-corrected chi connectivity index (χ1v) is 4.55. The molecule has 1 aromatic heterocycles. The van der Waals surface area contributed by atoms with E-state index in [9.17, 15) is 4.79 Å². The quantitative estimate of drug-likeness (QED) is 0.780. The fraction of sp³-hybridized carbons (Fsp3) is 0.375. The summed E-state index contributed by atoms with van der Waals surface area (Å²) in [5.41, 5.74) is 4.86. The number of hydrogen-bond donors (Lipinski definition) is 1. The normalized spacial score (nSPS) is 12.4. The molecule has 0 fully saturated rings. The molecule has 3 nitrogen and oxygen atoms in total. The number of rotatable bonds is 3. The van der Waals surface area contributed by atoms with Gasteiger partial charge in [-0.05, 0) is 18.4 Å². The van der Waals surface area contributed by atoms with Crippen molar-refractivity contribution in [2.24, 2.45) is 5.73 Å². The second-order valence-electron chi connectivity index (χ2n) is 2.53. The number of primary amides is 1. The first-order valence-electron chi connectivity index (χ1n) is 3.67. The summed E-state index contributed by atoms with van der Waals surface area (Å²) in [4.78, 5) is 11.5. The van der Waals surface area contributed by atoms with E-state index in [1.807, 2.05) is 24.4 Å². The van der Waals surface area contributed by atoms with Crippen LogP contribution in [0, 0.1) is 0 Å². The van der Waals surface area contributed by atoms with Crippen molar-refractivity contribution in [3.63, 3.8) is 0 Å². The van der Waals surface area contributed by atoms with Crippen molar-refractivity contribution in [2.75, 3.05) is 0 Å². The second-order valence-corrected chi connectivity index (χ2v) is 3.56. The summed E-state index contributed by atoms with van der Waals surface area (Å²) in [5.74, 6) is 0. The highest BCUT2D eigenvalue weighted by molar-refractivity contribution is 7.09. The van der Waals surface area contributed by atoms with Crippen LogP contribution in [0.4, 0.5) is 4.79 Å². The van der Waals surface area contributed by atoms with Crippen LogP contribution in [0.1, 0.15) is 11.8 Å². The van der Waals surface area contributed by atoms with Crippen molar-refractivity contribution in [2.45, 2.75) is 19.4 Å². The average molecular weight is 185 g/mol. The fourth-order valence-electron chi connectivity index (χ4n) is 0.952. The lowest BCUT2D eigenvalue weighted by molar-refractivity contribution is 0.117. The van der Waals surface area contributed by atoms with Gasteiger partial charge in [-0.25, -0.2) is 4.79 Å². The predicted molar refractivity (Wildman–Crippen MR) is 48.2 cm³/mol. The van der Waals surface area contributed by atoms with E-state index in [2.05, 4.69) is 0 Å². The summed E-state index contributed by atoms with van der Waals surface area (Å²) >= 11 is 1.65. The largest absolute Gasteiger partial charge is 0.446 e. The molecule has 0 saturated heterocycles. The fourth-order valence-corrected chi connectivity index (χ4v) is 1.77. The van der Waals surface area contributed by atoms with Crippen LogP contribution in [-0.4, -0.2) is 12.2 Å². The lowest BCUT2D eigenvalue weighted by atomic mass is 10.2. The van der Waals surface area contributed by atoms with Gasteiger partial charge in [-0.2, -0.15) is 0 Å². The Hall–Kier alpha value is -1.03. The van der Waals surface area contributed by atoms with Gasteiger partial charge in [-0.15, -0.1) is 11.3 Å². The molecule has 0 aromatic carbocycles. The van der Waals surface area contributed by atoms with Crippen molar-refractivity contribution in [3.05, 3.63) is 22.4 Å². The number of amides is 1. The number of thiophene rings is 1. The molecule has 0 unspecified atom stereocenters. The monoisotopic (exact) mass is 185 g/mol. The molecule has 0 aliphatic heterocycles. The minimum absolute atomic E-state index is 0.138. The van der Waals surface area contributed by atoms with E-state index >= 15 is 0 Å². The molecular weight excluding hydrogens is 174 g/mol. The van der Waals surface area contributed by atoms with Gasteiger partial charge in [-0.1, -0.05) is 6.07 Å². The van der Waals surface area contributed by atoms with Gasteiger partial charge < -0.3 is 10.5 Å². The molecule has 0 aliphatic rings. The third-order valence-corrected chi connectivity index (χ3v) is 2.28. The zero-order valence-electron chi connectivity index (χ0n) is 6.82. The molecule has 0 aliphatic carbocycles. The second kappa shape index (κ2) is 4.11. The van der Waals surface area contributed by atoms with Crippen LogP contribution >= 0.6 is 11.3 Å². The topological polar surface area (TPSA) is 52.3 Å². The van der Waals surface area contributed by atoms with Crippen LogP contribution in [-0.2, 0) is 11.2 Å². The van der Waals surface area contributed by atoms with Gasteiger partial charge in [0, 0.05) is 11.3 Å². The maximum Gasteiger partial charge on any atom is 0.404 e. The van der Waals surface area contributed by atoms with Crippen LogP contribution in [0.5, 0.6) is 0 Å². The Balaban J connectivity index is 2.36. The molecule has 1 heterocycles. The number of nitrogens with two attached hydrogens (primary N) is 1. The van der Waals surface area contributed by atoms with E-state index in [4.69, 9.17) is 10.5 Å². The lowest BCUT2D eigenvalue weighted by Crippen LogP contribution is -2.21. The number of ether oxygens (including phenoxy) is 1. The maximum atomic E-state index is 10.3. The average Bonchev–Trinajstić information content (AvgIpc) is 2.37. The van der Waals surface area contributed by atoms with Crippen LogP contribution in [0.2, 0.25) is 0 Å². The van der Waals surface area contributed by atoms with Crippen molar-refractivity contribution in [1.29, 1.82) is 0 Å². The van der Waals surface area contributed by atoms with E-state index in [0.29, 0.717) is 0 Å². The standard InChI is InChI=1S/C8H11NO2S/c1-6(11-8(9)10)5-7-3-2-4-12-7/h2-4,6H,5H2,1H3,(H2,9,10)/t6-/m1/s1. The molecule has 1 rings (SSSR count). The molecule has 4 heteroatoms. The summed E-state index contributed by atoms with van der Waals surface area (Å²) in [7, 11) is 0. The van der Waals surface area contributed by atoms with E-state index < -0.39 is 6.09 Å². The third kappa shape index (κ3) is 2.92. The molecule has 12 heavy (non-hydrogen) atoms. The summed E-state index contributed by atoms with van der Waals surface area (Å²) in [5, 5.41) is 1.99. The third-order valence-electron chi connectivity index (χ3n) is 1.39. The molecule has 66 valence electrons. The molecule has 2 N–H and O–H groups in total. The van der Waals surface area contributed by atoms with Gasteiger partial charge >= 0.3 is 6.09 Å². The zero-order chi connectivity index (χ0) is 8.97. The number of carbonyl (C=O) groups is 1. The smallest absolute Gasteiger partial charge is 0.404 e. The Bertz CT molecular complexity index is 246. The Morgan fingerprint density at radius 3 is 3.08 bits per heavy atom. The molecule has 1 aromatic rings. The molecule has 0 saturated carbocycles. The van der Waals surface area contributed by atoms with Gasteiger partial charge in [-0.3, -0.25) is 0 Å².